The average Bonchev–Trinajstić information content (AvgIpc) is 2.84. The summed E-state index contributed by atoms with van der Waals surface area (Å²) in [5.74, 6) is 0.303. The first-order valence-corrected chi connectivity index (χ1v) is 9.06. The summed E-state index contributed by atoms with van der Waals surface area (Å²) in [6.45, 7) is 5.33. The van der Waals surface area contributed by atoms with Crippen molar-refractivity contribution in [3.05, 3.63) is 30.3 Å². The van der Waals surface area contributed by atoms with Crippen LogP contribution in [-0.2, 0) is 9.84 Å². The first-order valence-electron chi connectivity index (χ1n) is 7.41. The minimum absolute atomic E-state index is 0.0979. The largest absolute Gasteiger partial charge is 0.237 e. The minimum atomic E-state index is -3.19. The van der Waals surface area contributed by atoms with Crippen LogP contribution in [0.4, 0.5) is 0 Å². The molecule has 2 atom stereocenters. The second-order valence-electron chi connectivity index (χ2n) is 5.64. The molecule has 1 heterocycles. The van der Waals surface area contributed by atoms with E-state index in [1.54, 1.807) is 24.3 Å². The van der Waals surface area contributed by atoms with E-state index in [-0.39, 0.29) is 11.7 Å². The van der Waals surface area contributed by atoms with Gasteiger partial charge in [0.05, 0.1) is 10.6 Å². The van der Waals surface area contributed by atoms with Gasteiger partial charge in [-0.3, -0.25) is 0 Å². The van der Waals surface area contributed by atoms with Gasteiger partial charge in [-0.05, 0) is 25.5 Å². The normalized spacial score (nSPS) is 23.1. The maximum atomic E-state index is 12.4. The lowest BCUT2D eigenvalue weighted by molar-refractivity contribution is -0.537. The molecule has 1 aromatic carbocycles. The van der Waals surface area contributed by atoms with Crippen LogP contribution in [0.25, 0.3) is 0 Å². The number of rotatable bonds is 5. The molecule has 0 saturated carbocycles. The Hall–Kier alpha value is -1.16. The highest BCUT2D eigenvalue weighted by Gasteiger charge is 2.26. The summed E-state index contributed by atoms with van der Waals surface area (Å²) in [4.78, 5) is 0.432. The molecule has 4 heteroatoms. The van der Waals surface area contributed by atoms with Crippen LogP contribution in [0, 0.1) is 5.92 Å². The topological polar surface area (TPSA) is 37.1 Å². The van der Waals surface area contributed by atoms with Crippen LogP contribution in [-0.4, -0.2) is 37.5 Å². The van der Waals surface area contributed by atoms with Gasteiger partial charge in [-0.25, -0.2) is 13.0 Å². The molecular formula is C16H24NO2S+. The molecule has 0 spiro atoms. The van der Waals surface area contributed by atoms with Gasteiger partial charge in [0.1, 0.15) is 18.8 Å². The lowest BCUT2D eigenvalue weighted by atomic mass is 10.1. The predicted molar refractivity (Wildman–Crippen MR) is 82.2 cm³/mol. The highest BCUT2D eigenvalue weighted by atomic mass is 32.2. The fraction of sp³-hybridized carbons (Fsp3) is 0.562. The van der Waals surface area contributed by atoms with E-state index >= 15 is 0 Å². The molecule has 0 radical (unpaired) electrons. The SMILES string of the molecule is CC[C@@H](C=[N+]1CCC[C@H]1C)CS(=O)(=O)c1ccccc1. The van der Waals surface area contributed by atoms with Crippen molar-refractivity contribution in [1.82, 2.24) is 0 Å². The minimum Gasteiger partial charge on any atom is -0.237 e. The van der Waals surface area contributed by atoms with Crippen molar-refractivity contribution in [3.63, 3.8) is 0 Å². The second kappa shape index (κ2) is 6.53. The molecule has 1 fully saturated rings. The van der Waals surface area contributed by atoms with Gasteiger partial charge in [0.25, 0.3) is 0 Å². The van der Waals surface area contributed by atoms with Crippen molar-refractivity contribution in [1.29, 1.82) is 0 Å². The molecule has 0 bridgehead atoms. The first-order chi connectivity index (χ1) is 9.53. The van der Waals surface area contributed by atoms with E-state index in [2.05, 4.69) is 24.6 Å². The Morgan fingerprint density at radius 1 is 1.35 bits per heavy atom. The van der Waals surface area contributed by atoms with Crippen LogP contribution >= 0.6 is 0 Å². The van der Waals surface area contributed by atoms with Gasteiger partial charge in [0, 0.05) is 18.8 Å². The number of hydrogen-bond donors (Lipinski definition) is 0. The molecule has 1 aromatic rings. The standard InChI is InChI=1S/C16H24NO2S/c1-3-15(12-17-11-7-8-14(17)2)13-20(18,19)16-9-5-4-6-10-16/h4-6,9-10,12,14-15H,3,7-8,11,13H2,1-2H3/q+1/t14-,15+/m1/s1. The predicted octanol–water partition coefficient (Wildman–Crippen LogP) is 2.75. The van der Waals surface area contributed by atoms with E-state index in [9.17, 15) is 8.42 Å². The maximum Gasteiger partial charge on any atom is 0.179 e. The molecule has 0 N–H and O–H groups in total. The third-order valence-electron chi connectivity index (χ3n) is 4.07. The molecule has 20 heavy (non-hydrogen) atoms. The summed E-state index contributed by atoms with van der Waals surface area (Å²) in [7, 11) is -3.19. The lowest BCUT2D eigenvalue weighted by Gasteiger charge is -2.11. The third-order valence-corrected chi connectivity index (χ3v) is 5.92. The van der Waals surface area contributed by atoms with Crippen molar-refractivity contribution in [2.24, 2.45) is 5.92 Å². The Morgan fingerprint density at radius 3 is 2.60 bits per heavy atom. The Bertz CT molecular complexity index is 563. The second-order valence-corrected chi connectivity index (χ2v) is 7.68. The summed E-state index contributed by atoms with van der Waals surface area (Å²) in [6.07, 6.45) is 5.42. The zero-order valence-electron chi connectivity index (χ0n) is 12.3. The zero-order chi connectivity index (χ0) is 14.6. The average molecular weight is 294 g/mol. The molecule has 1 saturated heterocycles. The smallest absolute Gasteiger partial charge is 0.179 e. The summed E-state index contributed by atoms with van der Waals surface area (Å²) in [5.41, 5.74) is 0. The molecular weight excluding hydrogens is 270 g/mol. The molecule has 1 aliphatic heterocycles. The van der Waals surface area contributed by atoms with Crippen molar-refractivity contribution in [3.8, 4) is 0 Å². The van der Waals surface area contributed by atoms with Gasteiger partial charge in [-0.1, -0.05) is 25.1 Å². The number of nitrogens with zero attached hydrogens (tertiary/aromatic N) is 1. The number of sulfone groups is 1. The Balaban J connectivity index is 2.14. The van der Waals surface area contributed by atoms with E-state index in [0.29, 0.717) is 10.9 Å². The van der Waals surface area contributed by atoms with E-state index in [4.69, 9.17) is 0 Å². The van der Waals surface area contributed by atoms with E-state index in [1.165, 1.54) is 12.8 Å². The van der Waals surface area contributed by atoms with Crippen molar-refractivity contribution >= 4 is 16.1 Å². The maximum absolute atomic E-state index is 12.4. The molecule has 3 nitrogen and oxygen atoms in total. The van der Waals surface area contributed by atoms with Crippen molar-refractivity contribution < 1.29 is 13.0 Å². The fourth-order valence-corrected chi connectivity index (χ4v) is 4.37. The monoisotopic (exact) mass is 294 g/mol. The zero-order valence-corrected chi connectivity index (χ0v) is 13.1. The van der Waals surface area contributed by atoms with Gasteiger partial charge in [-0.2, -0.15) is 0 Å². The quantitative estimate of drug-likeness (QED) is 0.783. The summed E-state index contributed by atoms with van der Waals surface area (Å²) >= 11 is 0. The molecule has 0 unspecified atom stereocenters. The van der Waals surface area contributed by atoms with E-state index in [0.717, 1.165) is 13.0 Å². The van der Waals surface area contributed by atoms with Crippen LogP contribution in [0.1, 0.15) is 33.1 Å². The fourth-order valence-electron chi connectivity index (χ4n) is 2.72. The van der Waals surface area contributed by atoms with E-state index in [1.807, 2.05) is 6.07 Å². The molecule has 110 valence electrons. The molecule has 0 aliphatic carbocycles. The molecule has 0 amide bonds. The Morgan fingerprint density at radius 2 is 2.05 bits per heavy atom. The summed E-state index contributed by atoms with van der Waals surface area (Å²) < 4.78 is 27.2. The summed E-state index contributed by atoms with van der Waals surface area (Å²) in [5, 5.41) is 0. The van der Waals surface area contributed by atoms with Gasteiger partial charge >= 0.3 is 0 Å². The number of benzene rings is 1. The molecule has 1 aliphatic rings. The molecule has 2 rings (SSSR count). The van der Waals surface area contributed by atoms with Crippen LogP contribution in [0.5, 0.6) is 0 Å². The van der Waals surface area contributed by atoms with Crippen molar-refractivity contribution in [2.75, 3.05) is 12.3 Å². The lowest BCUT2D eigenvalue weighted by Crippen LogP contribution is -2.25. The van der Waals surface area contributed by atoms with Crippen LogP contribution in [0.3, 0.4) is 0 Å². The van der Waals surface area contributed by atoms with Gasteiger partial charge < -0.3 is 0 Å². The van der Waals surface area contributed by atoms with Crippen LogP contribution in [0.15, 0.2) is 35.2 Å². The third kappa shape index (κ3) is 3.69. The van der Waals surface area contributed by atoms with Gasteiger partial charge in [-0.15, -0.1) is 0 Å². The Kier molecular flexibility index (Phi) is 4.97. The number of hydrogen-bond acceptors (Lipinski definition) is 2. The summed E-state index contributed by atoms with van der Waals surface area (Å²) in [6, 6.07) is 9.30. The highest BCUT2D eigenvalue weighted by molar-refractivity contribution is 7.91. The van der Waals surface area contributed by atoms with Crippen molar-refractivity contribution in [2.45, 2.75) is 44.0 Å². The Labute approximate surface area is 122 Å². The van der Waals surface area contributed by atoms with Crippen LogP contribution in [0.2, 0.25) is 0 Å². The first kappa shape index (κ1) is 15.2. The highest BCUT2D eigenvalue weighted by Crippen LogP contribution is 2.17. The van der Waals surface area contributed by atoms with Crippen LogP contribution < -0.4 is 0 Å². The molecule has 0 aromatic heterocycles. The van der Waals surface area contributed by atoms with E-state index < -0.39 is 9.84 Å². The van der Waals surface area contributed by atoms with Gasteiger partial charge in [0.15, 0.2) is 9.84 Å². The van der Waals surface area contributed by atoms with Gasteiger partial charge in [0.2, 0.25) is 0 Å².